The normalized spacial score (nSPS) is 20.7. The minimum absolute atomic E-state index is 0.0851. The summed E-state index contributed by atoms with van der Waals surface area (Å²) in [5.41, 5.74) is 0.744. The Balaban J connectivity index is 2.07. The number of aromatic amines is 1. The fraction of sp³-hybridized carbons (Fsp3) is 0.636. The number of hydrogen-bond acceptors (Lipinski definition) is 4. The van der Waals surface area contributed by atoms with Gasteiger partial charge in [-0.2, -0.15) is 0 Å². The molecule has 2 rings (SSSR count). The van der Waals surface area contributed by atoms with Crippen LogP contribution in [-0.2, 0) is 6.42 Å². The molecule has 1 unspecified atom stereocenters. The largest absolute Gasteiger partial charge is 0.352 e. The third kappa shape index (κ3) is 2.82. The van der Waals surface area contributed by atoms with Crippen molar-refractivity contribution in [2.24, 2.45) is 0 Å². The second-order valence-electron chi connectivity index (χ2n) is 4.13. The van der Waals surface area contributed by atoms with Gasteiger partial charge in [0, 0.05) is 24.3 Å². The zero-order chi connectivity index (χ0) is 11.4. The lowest BCUT2D eigenvalue weighted by Gasteiger charge is -2.24. The van der Waals surface area contributed by atoms with Gasteiger partial charge in [-0.3, -0.25) is 9.78 Å². The maximum absolute atomic E-state index is 11.4. The van der Waals surface area contributed by atoms with Crippen molar-refractivity contribution in [1.82, 2.24) is 15.3 Å². The number of nitrogens with zero attached hydrogens (tertiary/aromatic N) is 1. The molecule has 0 radical (unpaired) electrons. The summed E-state index contributed by atoms with van der Waals surface area (Å²) >= 11 is 0. The average molecular weight is 222 g/mol. The number of aryl methyl sites for hydroxylation is 1. The van der Waals surface area contributed by atoms with Crippen LogP contribution in [0.4, 0.5) is 5.95 Å². The first-order valence-electron chi connectivity index (χ1n) is 5.85. The van der Waals surface area contributed by atoms with E-state index in [-0.39, 0.29) is 5.56 Å². The molecule has 5 nitrogen and oxygen atoms in total. The Bertz CT molecular complexity index is 395. The number of H-pyrrole nitrogens is 1. The minimum atomic E-state index is -0.0851. The topological polar surface area (TPSA) is 69.8 Å². The Morgan fingerprint density at radius 2 is 2.50 bits per heavy atom. The summed E-state index contributed by atoms with van der Waals surface area (Å²) in [5.74, 6) is 0.595. The van der Waals surface area contributed by atoms with Crippen molar-refractivity contribution in [2.75, 3.05) is 18.4 Å². The Kier molecular flexibility index (Phi) is 3.56. The molecule has 16 heavy (non-hydrogen) atoms. The second kappa shape index (κ2) is 5.12. The lowest BCUT2D eigenvalue weighted by molar-refractivity contribution is 0.477. The highest BCUT2D eigenvalue weighted by Gasteiger charge is 2.13. The summed E-state index contributed by atoms with van der Waals surface area (Å²) in [6.45, 7) is 4.00. The minimum Gasteiger partial charge on any atom is -0.352 e. The van der Waals surface area contributed by atoms with Gasteiger partial charge in [-0.15, -0.1) is 0 Å². The van der Waals surface area contributed by atoms with Gasteiger partial charge in [0.15, 0.2) is 0 Å². The molecule has 0 spiro atoms. The Labute approximate surface area is 94.7 Å². The van der Waals surface area contributed by atoms with E-state index < -0.39 is 0 Å². The molecule has 0 amide bonds. The second-order valence-corrected chi connectivity index (χ2v) is 4.13. The van der Waals surface area contributed by atoms with Gasteiger partial charge in [0.2, 0.25) is 5.95 Å². The molecule has 0 aromatic carbocycles. The number of hydrogen-bond donors (Lipinski definition) is 3. The van der Waals surface area contributed by atoms with Gasteiger partial charge < -0.3 is 10.6 Å². The van der Waals surface area contributed by atoms with E-state index in [0.717, 1.165) is 38.0 Å². The molecule has 88 valence electrons. The van der Waals surface area contributed by atoms with Gasteiger partial charge in [0.25, 0.3) is 5.56 Å². The smallest absolute Gasteiger partial charge is 0.252 e. The molecule has 1 aromatic heterocycles. The summed E-state index contributed by atoms with van der Waals surface area (Å²) in [7, 11) is 0. The van der Waals surface area contributed by atoms with Crippen LogP contribution >= 0.6 is 0 Å². The third-order valence-corrected chi connectivity index (χ3v) is 2.79. The zero-order valence-electron chi connectivity index (χ0n) is 9.55. The van der Waals surface area contributed by atoms with Gasteiger partial charge in [-0.1, -0.05) is 6.92 Å². The number of piperidine rings is 1. The molecular formula is C11H18N4O. The van der Waals surface area contributed by atoms with Gasteiger partial charge in [0.1, 0.15) is 0 Å². The average Bonchev–Trinajstić information content (AvgIpc) is 2.29. The Morgan fingerprint density at radius 3 is 3.19 bits per heavy atom. The van der Waals surface area contributed by atoms with Crippen LogP contribution in [0.2, 0.25) is 0 Å². The van der Waals surface area contributed by atoms with Gasteiger partial charge >= 0.3 is 0 Å². The van der Waals surface area contributed by atoms with Crippen molar-refractivity contribution in [3.63, 3.8) is 0 Å². The van der Waals surface area contributed by atoms with Crippen molar-refractivity contribution in [3.05, 3.63) is 22.1 Å². The number of anilines is 1. The van der Waals surface area contributed by atoms with Crippen LogP contribution in [0.3, 0.4) is 0 Å². The number of rotatable bonds is 3. The quantitative estimate of drug-likeness (QED) is 0.696. The number of nitrogens with one attached hydrogen (secondary N) is 3. The van der Waals surface area contributed by atoms with Crippen LogP contribution in [0.15, 0.2) is 10.9 Å². The third-order valence-electron chi connectivity index (χ3n) is 2.79. The Hall–Kier alpha value is -1.36. The van der Waals surface area contributed by atoms with Crippen LogP contribution in [0.25, 0.3) is 0 Å². The molecule has 0 bridgehead atoms. The van der Waals surface area contributed by atoms with Crippen molar-refractivity contribution in [3.8, 4) is 0 Å². The summed E-state index contributed by atoms with van der Waals surface area (Å²) in [4.78, 5) is 18.4. The molecule has 2 heterocycles. The summed E-state index contributed by atoms with van der Waals surface area (Å²) in [6, 6.07) is 1.91. The first-order valence-corrected chi connectivity index (χ1v) is 5.85. The molecule has 1 aliphatic heterocycles. The molecule has 0 saturated carbocycles. The predicted molar refractivity (Wildman–Crippen MR) is 63.8 cm³/mol. The monoisotopic (exact) mass is 222 g/mol. The molecule has 1 aromatic rings. The fourth-order valence-electron chi connectivity index (χ4n) is 1.93. The van der Waals surface area contributed by atoms with E-state index in [0.29, 0.717) is 12.0 Å². The van der Waals surface area contributed by atoms with Crippen LogP contribution in [0.5, 0.6) is 0 Å². The Morgan fingerprint density at radius 1 is 1.62 bits per heavy atom. The lowest BCUT2D eigenvalue weighted by atomic mass is 10.1. The van der Waals surface area contributed by atoms with Crippen LogP contribution in [-0.4, -0.2) is 29.1 Å². The van der Waals surface area contributed by atoms with E-state index in [1.807, 2.05) is 6.92 Å². The summed E-state index contributed by atoms with van der Waals surface area (Å²) < 4.78 is 0. The maximum Gasteiger partial charge on any atom is 0.252 e. The highest BCUT2D eigenvalue weighted by atomic mass is 16.1. The van der Waals surface area contributed by atoms with Crippen molar-refractivity contribution >= 4 is 5.95 Å². The molecule has 1 saturated heterocycles. The lowest BCUT2D eigenvalue weighted by Crippen LogP contribution is -2.39. The van der Waals surface area contributed by atoms with Gasteiger partial charge in [-0.05, 0) is 25.8 Å². The zero-order valence-corrected chi connectivity index (χ0v) is 9.55. The highest BCUT2D eigenvalue weighted by molar-refractivity contribution is 5.27. The van der Waals surface area contributed by atoms with Crippen molar-refractivity contribution in [2.45, 2.75) is 32.2 Å². The molecule has 0 aliphatic carbocycles. The van der Waals surface area contributed by atoms with Crippen molar-refractivity contribution in [1.29, 1.82) is 0 Å². The summed E-state index contributed by atoms with van der Waals surface area (Å²) in [6.07, 6.45) is 3.06. The molecular weight excluding hydrogens is 204 g/mol. The molecule has 3 N–H and O–H groups in total. The van der Waals surface area contributed by atoms with E-state index in [1.54, 1.807) is 6.07 Å². The SMILES string of the molecule is CCc1cc(=O)[nH]c(NC2CCCNC2)n1. The van der Waals surface area contributed by atoms with E-state index in [1.165, 1.54) is 0 Å². The molecule has 1 atom stereocenters. The maximum atomic E-state index is 11.4. The number of aromatic nitrogens is 2. The van der Waals surface area contributed by atoms with E-state index in [2.05, 4.69) is 20.6 Å². The molecule has 1 aliphatic rings. The van der Waals surface area contributed by atoms with E-state index >= 15 is 0 Å². The summed E-state index contributed by atoms with van der Waals surface area (Å²) in [5, 5.41) is 6.58. The van der Waals surface area contributed by atoms with E-state index in [9.17, 15) is 4.79 Å². The van der Waals surface area contributed by atoms with Crippen LogP contribution in [0, 0.1) is 0 Å². The molecule has 1 fully saturated rings. The van der Waals surface area contributed by atoms with Crippen molar-refractivity contribution < 1.29 is 0 Å². The predicted octanol–water partition coefficient (Wildman–Crippen LogP) is 0.496. The molecule has 5 heteroatoms. The first-order chi connectivity index (χ1) is 7.78. The van der Waals surface area contributed by atoms with Crippen LogP contribution < -0.4 is 16.2 Å². The van der Waals surface area contributed by atoms with E-state index in [4.69, 9.17) is 0 Å². The van der Waals surface area contributed by atoms with Gasteiger partial charge in [-0.25, -0.2) is 4.98 Å². The van der Waals surface area contributed by atoms with Crippen LogP contribution in [0.1, 0.15) is 25.5 Å². The highest BCUT2D eigenvalue weighted by Crippen LogP contribution is 2.07. The fourth-order valence-corrected chi connectivity index (χ4v) is 1.93. The van der Waals surface area contributed by atoms with Gasteiger partial charge in [0.05, 0.1) is 0 Å². The first kappa shape index (κ1) is 11.1. The standard InChI is InChI=1S/C11H18N4O/c1-2-8-6-10(16)15-11(13-8)14-9-4-3-5-12-7-9/h6,9,12H,2-5,7H2,1H3,(H2,13,14,15,16).